The summed E-state index contributed by atoms with van der Waals surface area (Å²) >= 11 is 0. The van der Waals surface area contributed by atoms with Crippen molar-refractivity contribution in [2.24, 2.45) is 0 Å². The topological polar surface area (TPSA) is 58.6 Å². The summed E-state index contributed by atoms with van der Waals surface area (Å²) in [4.78, 5) is 12.1. The van der Waals surface area contributed by atoms with E-state index in [1.54, 1.807) is 0 Å². The average Bonchev–Trinajstić information content (AvgIpc) is 2.56. The minimum Gasteiger partial charge on any atom is -0.394 e. The Morgan fingerprint density at radius 1 is 1.21 bits per heavy atom. The second-order valence-electron chi connectivity index (χ2n) is 5.33. The first-order valence-electron chi connectivity index (χ1n) is 7.53. The van der Waals surface area contributed by atoms with Crippen LogP contribution < -0.4 is 5.32 Å². The first-order valence-corrected chi connectivity index (χ1v) is 7.53. The van der Waals surface area contributed by atoms with Crippen LogP contribution in [0.2, 0.25) is 0 Å². The van der Waals surface area contributed by atoms with Crippen LogP contribution in [-0.2, 0) is 4.74 Å². The SMILES string of the molecule is Cc1ccc(C(CNC(=O)c2ccc(F)cc2F)OCCO)cc1. The lowest BCUT2D eigenvalue weighted by Gasteiger charge is -2.19. The molecule has 2 aromatic carbocycles. The molecule has 2 N–H and O–H groups in total. The molecule has 0 aliphatic rings. The van der Waals surface area contributed by atoms with Crippen LogP contribution >= 0.6 is 0 Å². The quantitative estimate of drug-likeness (QED) is 0.818. The summed E-state index contributed by atoms with van der Waals surface area (Å²) in [6.45, 7) is 2.01. The zero-order valence-electron chi connectivity index (χ0n) is 13.3. The molecular formula is C18H19F2NO3. The molecule has 1 unspecified atom stereocenters. The lowest BCUT2D eigenvalue weighted by molar-refractivity contribution is 0.0277. The number of benzene rings is 2. The molecule has 1 atom stereocenters. The third-order valence-electron chi connectivity index (χ3n) is 3.48. The van der Waals surface area contributed by atoms with Gasteiger partial charge in [0.15, 0.2) is 0 Å². The largest absolute Gasteiger partial charge is 0.394 e. The second-order valence-corrected chi connectivity index (χ2v) is 5.33. The molecule has 128 valence electrons. The Balaban J connectivity index is 2.06. The predicted octanol–water partition coefficient (Wildman–Crippen LogP) is 2.75. The van der Waals surface area contributed by atoms with Crippen LogP contribution in [-0.4, -0.2) is 30.8 Å². The molecule has 2 rings (SSSR count). The normalized spacial score (nSPS) is 12.0. The van der Waals surface area contributed by atoms with E-state index in [-0.39, 0.29) is 25.3 Å². The number of carbonyl (C=O) groups is 1. The lowest BCUT2D eigenvalue weighted by atomic mass is 10.1. The number of hydrogen-bond acceptors (Lipinski definition) is 3. The van der Waals surface area contributed by atoms with Gasteiger partial charge in [0.2, 0.25) is 0 Å². The van der Waals surface area contributed by atoms with E-state index in [0.717, 1.165) is 23.3 Å². The third kappa shape index (κ3) is 4.84. The molecule has 0 spiro atoms. The van der Waals surface area contributed by atoms with Gasteiger partial charge in [0, 0.05) is 12.6 Å². The lowest BCUT2D eigenvalue weighted by Crippen LogP contribution is -2.30. The van der Waals surface area contributed by atoms with Gasteiger partial charge in [-0.1, -0.05) is 29.8 Å². The van der Waals surface area contributed by atoms with Gasteiger partial charge in [-0.2, -0.15) is 0 Å². The number of ether oxygens (including phenoxy) is 1. The van der Waals surface area contributed by atoms with Crippen LogP contribution in [0, 0.1) is 18.6 Å². The van der Waals surface area contributed by atoms with E-state index >= 15 is 0 Å². The van der Waals surface area contributed by atoms with E-state index in [0.29, 0.717) is 6.07 Å². The number of amides is 1. The first kappa shape index (κ1) is 18.0. The van der Waals surface area contributed by atoms with Crippen LogP contribution in [0.4, 0.5) is 8.78 Å². The Labute approximate surface area is 139 Å². The molecule has 0 saturated heterocycles. The summed E-state index contributed by atoms with van der Waals surface area (Å²) in [5.41, 5.74) is 1.67. The van der Waals surface area contributed by atoms with Crippen molar-refractivity contribution in [3.63, 3.8) is 0 Å². The second kappa shape index (κ2) is 8.52. The molecule has 4 nitrogen and oxygen atoms in total. The van der Waals surface area contributed by atoms with E-state index in [9.17, 15) is 13.6 Å². The van der Waals surface area contributed by atoms with Crippen molar-refractivity contribution in [1.29, 1.82) is 0 Å². The molecule has 0 saturated carbocycles. The van der Waals surface area contributed by atoms with Gasteiger partial charge < -0.3 is 15.2 Å². The standard InChI is InChI=1S/C18H19F2NO3/c1-12-2-4-13(5-3-12)17(24-9-8-22)11-21-18(23)15-7-6-14(19)10-16(15)20/h2-7,10,17,22H,8-9,11H2,1H3,(H,21,23). The highest BCUT2D eigenvalue weighted by molar-refractivity contribution is 5.94. The first-order chi connectivity index (χ1) is 11.5. The fourth-order valence-electron chi connectivity index (χ4n) is 2.20. The summed E-state index contributed by atoms with van der Waals surface area (Å²) in [6, 6.07) is 10.3. The number of hydrogen-bond donors (Lipinski definition) is 2. The summed E-state index contributed by atoms with van der Waals surface area (Å²) in [7, 11) is 0. The van der Waals surface area contributed by atoms with Gasteiger partial charge in [-0.25, -0.2) is 8.78 Å². The third-order valence-corrected chi connectivity index (χ3v) is 3.48. The van der Waals surface area contributed by atoms with Gasteiger partial charge in [-0.05, 0) is 24.6 Å². The van der Waals surface area contributed by atoms with Crippen LogP contribution in [0.1, 0.15) is 27.6 Å². The van der Waals surface area contributed by atoms with Gasteiger partial charge in [0.1, 0.15) is 11.6 Å². The van der Waals surface area contributed by atoms with E-state index in [1.165, 1.54) is 0 Å². The molecule has 0 radical (unpaired) electrons. The van der Waals surface area contributed by atoms with Crippen molar-refractivity contribution >= 4 is 5.91 Å². The molecule has 0 aliphatic carbocycles. The van der Waals surface area contributed by atoms with Crippen molar-refractivity contribution in [3.05, 3.63) is 70.8 Å². The summed E-state index contributed by atoms with van der Waals surface area (Å²) in [5, 5.41) is 11.5. The number of aliphatic hydroxyl groups is 1. The average molecular weight is 335 g/mol. The minimum absolute atomic E-state index is 0.0959. The zero-order chi connectivity index (χ0) is 17.5. The smallest absolute Gasteiger partial charge is 0.254 e. The van der Waals surface area contributed by atoms with Crippen LogP contribution in [0.3, 0.4) is 0 Å². The van der Waals surface area contributed by atoms with Crippen molar-refractivity contribution in [2.45, 2.75) is 13.0 Å². The van der Waals surface area contributed by atoms with Crippen molar-refractivity contribution < 1.29 is 23.4 Å². The molecule has 0 fully saturated rings. The van der Waals surface area contributed by atoms with Crippen LogP contribution in [0.5, 0.6) is 0 Å². The van der Waals surface area contributed by atoms with Gasteiger partial charge in [0.05, 0.1) is 24.9 Å². The number of nitrogens with one attached hydrogen (secondary N) is 1. The molecule has 24 heavy (non-hydrogen) atoms. The van der Waals surface area contributed by atoms with E-state index in [4.69, 9.17) is 9.84 Å². The Bertz CT molecular complexity index is 689. The summed E-state index contributed by atoms with van der Waals surface area (Å²) in [6.07, 6.45) is -0.481. The van der Waals surface area contributed by atoms with Gasteiger partial charge in [-0.15, -0.1) is 0 Å². The Hall–Kier alpha value is -2.31. The van der Waals surface area contributed by atoms with Crippen molar-refractivity contribution in [3.8, 4) is 0 Å². The summed E-state index contributed by atoms with van der Waals surface area (Å²) in [5.74, 6) is -2.32. The fraction of sp³-hybridized carbons (Fsp3) is 0.278. The molecule has 0 aliphatic heterocycles. The molecule has 0 aromatic heterocycles. The predicted molar refractivity (Wildman–Crippen MR) is 85.6 cm³/mol. The van der Waals surface area contributed by atoms with Crippen LogP contribution in [0.25, 0.3) is 0 Å². The van der Waals surface area contributed by atoms with E-state index < -0.39 is 23.6 Å². The molecule has 6 heteroatoms. The highest BCUT2D eigenvalue weighted by atomic mass is 19.1. The molecule has 1 amide bonds. The Morgan fingerprint density at radius 3 is 2.54 bits per heavy atom. The van der Waals surface area contributed by atoms with Crippen LogP contribution in [0.15, 0.2) is 42.5 Å². The van der Waals surface area contributed by atoms with Gasteiger partial charge in [0.25, 0.3) is 5.91 Å². The van der Waals surface area contributed by atoms with E-state index in [1.807, 2.05) is 31.2 Å². The molecule has 0 bridgehead atoms. The summed E-state index contributed by atoms with van der Waals surface area (Å²) < 4.78 is 32.1. The van der Waals surface area contributed by atoms with Crippen molar-refractivity contribution in [1.82, 2.24) is 5.32 Å². The number of rotatable bonds is 7. The maximum atomic E-state index is 13.6. The zero-order valence-corrected chi connectivity index (χ0v) is 13.3. The number of aliphatic hydroxyl groups excluding tert-OH is 1. The van der Waals surface area contributed by atoms with Gasteiger partial charge in [-0.3, -0.25) is 4.79 Å². The van der Waals surface area contributed by atoms with Gasteiger partial charge >= 0.3 is 0 Å². The molecular weight excluding hydrogens is 316 g/mol. The fourth-order valence-corrected chi connectivity index (χ4v) is 2.20. The Kier molecular flexibility index (Phi) is 6.40. The maximum absolute atomic E-state index is 13.6. The number of carbonyl (C=O) groups excluding carboxylic acids is 1. The maximum Gasteiger partial charge on any atom is 0.254 e. The molecule has 0 heterocycles. The number of aryl methyl sites for hydroxylation is 1. The van der Waals surface area contributed by atoms with Crippen molar-refractivity contribution in [2.75, 3.05) is 19.8 Å². The number of halogens is 2. The highest BCUT2D eigenvalue weighted by Gasteiger charge is 2.16. The molecule has 2 aromatic rings. The van der Waals surface area contributed by atoms with E-state index in [2.05, 4.69) is 5.32 Å². The minimum atomic E-state index is -0.921. The monoisotopic (exact) mass is 335 g/mol. The Morgan fingerprint density at radius 2 is 1.92 bits per heavy atom. The highest BCUT2D eigenvalue weighted by Crippen LogP contribution is 2.18.